The molecule has 21 heavy (non-hydrogen) atoms. The SMILES string of the molecule is CN=C(/C(=C\O)C(=O)C(C)(C)C)c1ccc(N(C)C)cc1. The van der Waals surface area contributed by atoms with E-state index < -0.39 is 5.41 Å². The van der Waals surface area contributed by atoms with Gasteiger partial charge in [0.15, 0.2) is 5.78 Å². The normalized spacial score (nSPS) is 13.2. The van der Waals surface area contributed by atoms with E-state index in [4.69, 9.17) is 0 Å². The Bertz CT molecular complexity index is 561. The first-order chi connectivity index (χ1) is 9.72. The van der Waals surface area contributed by atoms with Gasteiger partial charge in [-0.25, -0.2) is 0 Å². The first-order valence-corrected chi connectivity index (χ1v) is 6.86. The molecule has 4 nitrogen and oxygen atoms in total. The summed E-state index contributed by atoms with van der Waals surface area (Å²) < 4.78 is 0. The van der Waals surface area contributed by atoms with Crippen LogP contribution in [0.3, 0.4) is 0 Å². The van der Waals surface area contributed by atoms with Crippen molar-refractivity contribution >= 4 is 17.2 Å². The molecule has 1 aromatic rings. The van der Waals surface area contributed by atoms with E-state index in [1.54, 1.807) is 7.05 Å². The van der Waals surface area contributed by atoms with E-state index >= 15 is 0 Å². The van der Waals surface area contributed by atoms with Crippen LogP contribution in [0.4, 0.5) is 5.69 Å². The molecule has 0 atom stereocenters. The Labute approximate surface area is 126 Å². The molecule has 0 spiro atoms. The quantitative estimate of drug-likeness (QED) is 0.526. The van der Waals surface area contributed by atoms with E-state index in [0.29, 0.717) is 5.71 Å². The molecule has 0 radical (unpaired) electrons. The Kier molecular flexibility index (Phi) is 5.30. The molecule has 1 aromatic carbocycles. The summed E-state index contributed by atoms with van der Waals surface area (Å²) >= 11 is 0. The Morgan fingerprint density at radius 1 is 1.19 bits per heavy atom. The first-order valence-electron chi connectivity index (χ1n) is 6.86. The second-order valence-electron chi connectivity index (χ2n) is 6.14. The third-order valence-electron chi connectivity index (χ3n) is 3.19. The van der Waals surface area contributed by atoms with Crippen LogP contribution in [-0.4, -0.2) is 37.7 Å². The number of aliphatic hydroxyl groups is 1. The lowest BCUT2D eigenvalue weighted by atomic mass is 9.83. The fourth-order valence-electron chi connectivity index (χ4n) is 1.95. The highest BCUT2D eigenvalue weighted by atomic mass is 16.2. The van der Waals surface area contributed by atoms with Gasteiger partial charge in [0, 0.05) is 37.8 Å². The van der Waals surface area contributed by atoms with Crippen molar-refractivity contribution in [2.75, 3.05) is 26.0 Å². The van der Waals surface area contributed by atoms with Crippen molar-refractivity contribution in [3.63, 3.8) is 0 Å². The van der Waals surface area contributed by atoms with Gasteiger partial charge in [-0.3, -0.25) is 9.79 Å². The number of hydrogen-bond donors (Lipinski definition) is 1. The van der Waals surface area contributed by atoms with Crippen molar-refractivity contribution < 1.29 is 9.90 Å². The van der Waals surface area contributed by atoms with Crippen molar-refractivity contribution in [3.05, 3.63) is 41.7 Å². The molecule has 4 heteroatoms. The van der Waals surface area contributed by atoms with Gasteiger partial charge < -0.3 is 10.0 Å². The van der Waals surface area contributed by atoms with Crippen molar-refractivity contribution in [3.8, 4) is 0 Å². The van der Waals surface area contributed by atoms with Crippen LogP contribution in [0.15, 0.2) is 41.1 Å². The highest BCUT2D eigenvalue weighted by Gasteiger charge is 2.28. The lowest BCUT2D eigenvalue weighted by Gasteiger charge is -2.20. The van der Waals surface area contributed by atoms with E-state index in [-0.39, 0.29) is 11.4 Å². The lowest BCUT2D eigenvalue weighted by Crippen LogP contribution is -2.26. The molecule has 114 valence electrons. The molecule has 0 amide bonds. The zero-order chi connectivity index (χ0) is 16.2. The molecule has 0 aliphatic carbocycles. The van der Waals surface area contributed by atoms with Crippen LogP contribution in [0, 0.1) is 5.41 Å². The number of aliphatic hydroxyl groups excluding tert-OH is 1. The van der Waals surface area contributed by atoms with Crippen molar-refractivity contribution in [1.29, 1.82) is 0 Å². The summed E-state index contributed by atoms with van der Waals surface area (Å²) in [5.41, 5.74) is 2.03. The Balaban J connectivity index is 3.21. The molecule has 0 aromatic heterocycles. The highest BCUT2D eigenvalue weighted by molar-refractivity contribution is 6.29. The molecule has 1 rings (SSSR count). The number of aliphatic imine (C=N–C) groups is 1. The van der Waals surface area contributed by atoms with Gasteiger partial charge in [0.1, 0.15) is 0 Å². The molecule has 0 aliphatic rings. The van der Waals surface area contributed by atoms with Crippen molar-refractivity contribution in [2.24, 2.45) is 10.4 Å². The zero-order valence-corrected chi connectivity index (χ0v) is 13.6. The molecular weight excluding hydrogens is 264 g/mol. The molecule has 0 saturated carbocycles. The van der Waals surface area contributed by atoms with Gasteiger partial charge in [0.05, 0.1) is 17.5 Å². The third-order valence-corrected chi connectivity index (χ3v) is 3.19. The summed E-state index contributed by atoms with van der Waals surface area (Å²) in [7, 11) is 5.55. The maximum Gasteiger partial charge on any atom is 0.173 e. The van der Waals surface area contributed by atoms with E-state index in [0.717, 1.165) is 17.5 Å². The van der Waals surface area contributed by atoms with Gasteiger partial charge in [-0.2, -0.15) is 0 Å². The molecule has 0 aliphatic heterocycles. The molecule has 0 heterocycles. The van der Waals surface area contributed by atoms with Gasteiger partial charge in [0.25, 0.3) is 0 Å². The van der Waals surface area contributed by atoms with Crippen LogP contribution in [0.2, 0.25) is 0 Å². The average molecular weight is 288 g/mol. The van der Waals surface area contributed by atoms with E-state index in [9.17, 15) is 9.90 Å². The van der Waals surface area contributed by atoms with Gasteiger partial charge in [-0.05, 0) is 12.1 Å². The Hall–Kier alpha value is -2.10. The number of carbonyl (C=O) groups excluding carboxylic acids is 1. The number of rotatable bonds is 4. The predicted molar refractivity (Wildman–Crippen MR) is 88.4 cm³/mol. The van der Waals surface area contributed by atoms with Gasteiger partial charge in [0.2, 0.25) is 0 Å². The number of Topliss-reactive ketones (excluding diaryl/α,β-unsaturated/α-hetero) is 1. The van der Waals surface area contributed by atoms with Crippen LogP contribution in [0.5, 0.6) is 0 Å². The minimum atomic E-state index is -0.575. The molecule has 0 unspecified atom stereocenters. The third kappa shape index (κ3) is 3.94. The number of hydrogen-bond acceptors (Lipinski definition) is 4. The van der Waals surface area contributed by atoms with E-state index in [1.807, 2.05) is 64.0 Å². The zero-order valence-electron chi connectivity index (χ0n) is 13.6. The topological polar surface area (TPSA) is 52.9 Å². The predicted octanol–water partition coefficient (Wildman–Crippen LogP) is 3.23. The molecular formula is C17H24N2O2. The smallest absolute Gasteiger partial charge is 0.173 e. The summed E-state index contributed by atoms with van der Waals surface area (Å²) in [6.45, 7) is 5.46. The second-order valence-corrected chi connectivity index (χ2v) is 6.14. The molecule has 0 saturated heterocycles. The maximum atomic E-state index is 12.4. The minimum absolute atomic E-state index is 0.137. The van der Waals surface area contributed by atoms with Gasteiger partial charge in [-0.1, -0.05) is 32.9 Å². The number of ketones is 1. The van der Waals surface area contributed by atoms with Crippen molar-refractivity contribution in [2.45, 2.75) is 20.8 Å². The Morgan fingerprint density at radius 3 is 2.05 bits per heavy atom. The number of carbonyl (C=O) groups is 1. The van der Waals surface area contributed by atoms with Crippen LogP contribution >= 0.6 is 0 Å². The number of allylic oxidation sites excluding steroid dienone is 1. The lowest BCUT2D eigenvalue weighted by molar-refractivity contribution is -0.122. The highest BCUT2D eigenvalue weighted by Crippen LogP contribution is 2.23. The average Bonchev–Trinajstić information content (AvgIpc) is 2.43. The van der Waals surface area contributed by atoms with Crippen LogP contribution in [-0.2, 0) is 4.79 Å². The second kappa shape index (κ2) is 6.57. The van der Waals surface area contributed by atoms with E-state index in [1.165, 1.54) is 0 Å². The van der Waals surface area contributed by atoms with Crippen LogP contribution in [0.25, 0.3) is 0 Å². The Morgan fingerprint density at radius 2 is 1.71 bits per heavy atom. The monoisotopic (exact) mass is 288 g/mol. The fourth-order valence-corrected chi connectivity index (χ4v) is 1.95. The molecule has 1 N–H and O–H groups in total. The summed E-state index contributed by atoms with van der Waals surface area (Å²) in [6, 6.07) is 7.71. The van der Waals surface area contributed by atoms with Gasteiger partial charge in [-0.15, -0.1) is 0 Å². The first kappa shape index (κ1) is 17.0. The van der Waals surface area contributed by atoms with Crippen LogP contribution in [0.1, 0.15) is 26.3 Å². The van der Waals surface area contributed by atoms with Gasteiger partial charge >= 0.3 is 0 Å². The summed E-state index contributed by atoms with van der Waals surface area (Å²) in [4.78, 5) is 18.6. The fraction of sp³-hybridized carbons (Fsp3) is 0.412. The summed E-state index contributed by atoms with van der Waals surface area (Å²) in [5, 5.41) is 9.49. The summed E-state index contributed by atoms with van der Waals surface area (Å²) in [6.07, 6.45) is 0.857. The number of anilines is 1. The van der Waals surface area contributed by atoms with E-state index in [2.05, 4.69) is 4.99 Å². The molecule has 0 bridgehead atoms. The number of benzene rings is 1. The standard InChI is InChI=1S/C17H24N2O2/c1-17(2,3)16(21)14(11-20)15(18-4)12-7-9-13(10-8-12)19(5)6/h7-11,20H,1-6H3/b14-11+,18-15?. The largest absolute Gasteiger partial charge is 0.515 e. The molecule has 0 fully saturated rings. The summed E-state index contributed by atoms with van der Waals surface area (Å²) in [5.74, 6) is -0.137. The van der Waals surface area contributed by atoms with Crippen LogP contribution < -0.4 is 4.90 Å². The van der Waals surface area contributed by atoms with Crippen molar-refractivity contribution in [1.82, 2.24) is 0 Å². The minimum Gasteiger partial charge on any atom is -0.515 e. The number of nitrogens with zero attached hydrogens (tertiary/aromatic N) is 2. The maximum absolute atomic E-state index is 12.4.